The van der Waals surface area contributed by atoms with Crippen LogP contribution in [0.3, 0.4) is 0 Å². The Morgan fingerprint density at radius 2 is 1.62 bits per heavy atom. The molecule has 1 saturated carbocycles. The van der Waals surface area contributed by atoms with Crippen LogP contribution in [0, 0.1) is 24.2 Å². The molecular formula is C14H26CsO-. The van der Waals surface area contributed by atoms with E-state index in [1.54, 1.807) is 0 Å². The maximum atomic E-state index is 10.1. The van der Waals surface area contributed by atoms with Gasteiger partial charge in [-0.05, 0) is 0 Å². The van der Waals surface area contributed by atoms with Crippen molar-refractivity contribution in [1.82, 2.24) is 0 Å². The first-order chi connectivity index (χ1) is 6.90. The molecular weight excluding hydrogens is 317 g/mol. The summed E-state index contributed by atoms with van der Waals surface area (Å²) in [7, 11) is 0. The fraction of sp³-hybridized carbons (Fsp3) is 0.857. The summed E-state index contributed by atoms with van der Waals surface area (Å²) in [5, 5.41) is 0. The van der Waals surface area contributed by atoms with Crippen LogP contribution in [0.15, 0.2) is 0 Å². The van der Waals surface area contributed by atoms with Gasteiger partial charge in [-0.2, -0.15) is 5.92 Å². The molecule has 1 aliphatic rings. The Kier molecular flexibility index (Phi) is 13.3. The van der Waals surface area contributed by atoms with E-state index >= 15 is 0 Å². The molecule has 2 heteroatoms. The van der Waals surface area contributed by atoms with Gasteiger partial charge in [0.05, 0.1) is 0 Å². The van der Waals surface area contributed by atoms with Crippen LogP contribution in [0.2, 0.25) is 0 Å². The quantitative estimate of drug-likeness (QED) is 0.689. The van der Waals surface area contributed by atoms with E-state index in [1.165, 1.54) is 32.1 Å². The van der Waals surface area contributed by atoms with Crippen LogP contribution in [0.4, 0.5) is 0 Å². The molecule has 16 heavy (non-hydrogen) atoms. The second kappa shape index (κ2) is 10.6. The molecule has 1 nitrogen and oxygen atoms in total. The topological polar surface area (TPSA) is 17.1 Å². The molecule has 0 saturated heterocycles. The van der Waals surface area contributed by atoms with Gasteiger partial charge in [-0.3, -0.25) is 6.29 Å². The molecule has 1 fully saturated rings. The van der Waals surface area contributed by atoms with E-state index in [9.17, 15) is 4.79 Å². The maximum absolute atomic E-state index is 10.1. The van der Waals surface area contributed by atoms with Crippen molar-refractivity contribution in [3.63, 3.8) is 0 Å². The van der Waals surface area contributed by atoms with Gasteiger partial charge in [-0.15, -0.1) is 5.41 Å². The van der Waals surface area contributed by atoms with Gasteiger partial charge in [-0.25, -0.2) is 0 Å². The summed E-state index contributed by atoms with van der Waals surface area (Å²) in [5.41, 5.74) is -0.264. The molecule has 1 aliphatic carbocycles. The molecule has 0 aliphatic heterocycles. The summed E-state index contributed by atoms with van der Waals surface area (Å²) in [5.74, 6) is 1.17. The molecule has 0 bridgehead atoms. The maximum Gasteiger partial charge on any atom is 1.00 e. The summed E-state index contributed by atoms with van der Waals surface area (Å²) >= 11 is 0. The summed E-state index contributed by atoms with van der Waals surface area (Å²) in [6, 6.07) is 0. The second-order valence-electron chi connectivity index (χ2n) is 5.48. The predicted molar refractivity (Wildman–Crippen MR) is 66.2 cm³/mol. The average Bonchev–Trinajstić information content (AvgIpc) is 2.19. The van der Waals surface area contributed by atoms with Crippen LogP contribution in [-0.2, 0) is 4.79 Å². The number of rotatable bonds is 2. The fourth-order valence-corrected chi connectivity index (χ4v) is 1.30. The van der Waals surface area contributed by atoms with Gasteiger partial charge < -0.3 is 11.7 Å². The molecule has 0 radical (unpaired) electrons. The largest absolute Gasteiger partial charge is 1.00 e. The van der Waals surface area contributed by atoms with Crippen molar-refractivity contribution < 1.29 is 73.7 Å². The molecule has 0 spiro atoms. The zero-order valence-electron chi connectivity index (χ0n) is 11.8. The molecule has 0 heterocycles. The van der Waals surface area contributed by atoms with Crippen LogP contribution < -0.4 is 68.9 Å². The van der Waals surface area contributed by atoms with E-state index in [4.69, 9.17) is 0 Å². The molecule has 90 valence electrons. The molecule has 0 amide bonds. The zero-order valence-corrected chi connectivity index (χ0v) is 18.1. The Morgan fingerprint density at radius 3 is 1.75 bits per heavy atom. The van der Waals surface area contributed by atoms with Crippen LogP contribution in [0.1, 0.15) is 59.8 Å². The van der Waals surface area contributed by atoms with Gasteiger partial charge in [0.2, 0.25) is 0 Å². The minimum absolute atomic E-state index is 0. The van der Waals surface area contributed by atoms with Crippen LogP contribution in [-0.4, -0.2) is 6.29 Å². The third-order valence-corrected chi connectivity index (χ3v) is 3.43. The van der Waals surface area contributed by atoms with E-state index in [0.717, 1.165) is 5.92 Å². The first kappa shape index (κ1) is 20.0. The molecule has 0 aromatic rings. The molecule has 0 atom stereocenters. The predicted octanol–water partition coefficient (Wildman–Crippen LogP) is 1.18. The third kappa shape index (κ3) is 9.72. The first-order valence-electron chi connectivity index (χ1n) is 6.12. The Balaban J connectivity index is 0. The van der Waals surface area contributed by atoms with Crippen LogP contribution in [0.5, 0.6) is 0 Å². The first-order valence-corrected chi connectivity index (χ1v) is 6.12. The summed E-state index contributed by atoms with van der Waals surface area (Å²) < 4.78 is 0. The molecule has 0 N–H and O–H groups in total. The number of hydrogen-bond acceptors (Lipinski definition) is 1. The van der Waals surface area contributed by atoms with E-state index in [0.29, 0.717) is 5.92 Å². The van der Waals surface area contributed by atoms with Crippen molar-refractivity contribution >= 4 is 6.29 Å². The molecule has 0 unspecified atom stereocenters. The van der Waals surface area contributed by atoms with E-state index in [2.05, 4.69) is 6.92 Å². The van der Waals surface area contributed by atoms with Gasteiger partial charge in [0.25, 0.3) is 0 Å². The normalized spacial score (nSPS) is 17.1. The standard InChI is InChI=1S/C7H13O.C7H13.Cs/c1-6(2)7(3,4)5-8;1-7-5-3-2-4-6-7;/h6H,1-4H3;7H,1-6H2;/q2*-1;+1. The minimum atomic E-state index is -0.264. The number of carbonyl (C=O) groups excluding carboxylic acids is 1. The van der Waals surface area contributed by atoms with Gasteiger partial charge in [0.1, 0.15) is 0 Å². The average molecular weight is 343 g/mol. The van der Waals surface area contributed by atoms with Crippen molar-refractivity contribution in [3.05, 3.63) is 6.92 Å². The van der Waals surface area contributed by atoms with Crippen molar-refractivity contribution in [2.24, 2.45) is 17.3 Å². The zero-order chi connectivity index (χ0) is 11.9. The monoisotopic (exact) mass is 343 g/mol. The van der Waals surface area contributed by atoms with E-state index in [1.807, 2.05) is 34.0 Å². The summed E-state index contributed by atoms with van der Waals surface area (Å²) in [4.78, 5) is 10.1. The Morgan fingerprint density at radius 1 is 1.19 bits per heavy atom. The van der Waals surface area contributed by atoms with Crippen molar-refractivity contribution in [3.8, 4) is 0 Å². The second-order valence-corrected chi connectivity index (χ2v) is 5.48. The Labute approximate surface area is 161 Å². The smallest absolute Gasteiger partial charge is 0.541 e. The van der Waals surface area contributed by atoms with Crippen molar-refractivity contribution in [1.29, 1.82) is 0 Å². The van der Waals surface area contributed by atoms with E-state index < -0.39 is 0 Å². The van der Waals surface area contributed by atoms with Gasteiger partial charge >= 0.3 is 68.9 Å². The van der Waals surface area contributed by atoms with Crippen LogP contribution in [0.25, 0.3) is 0 Å². The van der Waals surface area contributed by atoms with Gasteiger partial charge in [-0.1, -0.05) is 65.7 Å². The van der Waals surface area contributed by atoms with Crippen molar-refractivity contribution in [2.75, 3.05) is 0 Å². The number of hydrogen-bond donors (Lipinski definition) is 0. The fourth-order valence-electron chi connectivity index (χ4n) is 1.30. The van der Waals surface area contributed by atoms with Gasteiger partial charge in [0.15, 0.2) is 0 Å². The summed E-state index contributed by atoms with van der Waals surface area (Å²) in [6.07, 6.45) is 9.04. The Bertz CT molecular complexity index is 170. The Hall–Kier alpha value is 1.72. The van der Waals surface area contributed by atoms with Crippen molar-refractivity contribution in [2.45, 2.75) is 59.8 Å². The SMILES string of the molecule is CC(C)C(C)(C)[C-]=O.[CH2-]C1CCCCC1.[Cs+]. The molecule has 1 rings (SSSR count). The molecule has 0 aromatic carbocycles. The van der Waals surface area contributed by atoms with Crippen LogP contribution >= 0.6 is 0 Å². The van der Waals surface area contributed by atoms with Gasteiger partial charge in [0, 0.05) is 0 Å². The third-order valence-electron chi connectivity index (χ3n) is 3.43. The minimum Gasteiger partial charge on any atom is -0.541 e. The summed E-state index contributed by atoms with van der Waals surface area (Å²) in [6.45, 7) is 11.8. The molecule has 0 aromatic heterocycles. The van der Waals surface area contributed by atoms with E-state index in [-0.39, 0.29) is 74.3 Å².